The Morgan fingerprint density at radius 3 is 2.47 bits per heavy atom. The van der Waals surface area contributed by atoms with Gasteiger partial charge < -0.3 is 10.1 Å². The lowest BCUT2D eigenvalue weighted by Crippen LogP contribution is -2.39. The van der Waals surface area contributed by atoms with Gasteiger partial charge in [-0.25, -0.2) is 0 Å². The van der Waals surface area contributed by atoms with Gasteiger partial charge in [0.05, 0.1) is 0 Å². The van der Waals surface area contributed by atoms with Gasteiger partial charge >= 0.3 is 0 Å². The summed E-state index contributed by atoms with van der Waals surface area (Å²) >= 11 is 0. The molecule has 3 heteroatoms. The summed E-state index contributed by atoms with van der Waals surface area (Å²) in [6.07, 6.45) is 4.61. The standard InChI is InChI=1S/C16H23NO2/c1-12-3-7-14(8-4-12)17-16(18)11-19-15-9-5-13(2)6-10-15/h5-6,9-10,12,14H,3-4,7-8,11H2,1-2H3,(H,17,18). The Bertz CT molecular complexity index is 405. The van der Waals surface area contributed by atoms with Gasteiger partial charge in [-0.3, -0.25) is 4.79 Å². The molecule has 0 aliphatic heterocycles. The average molecular weight is 261 g/mol. The van der Waals surface area contributed by atoms with E-state index in [1.165, 1.54) is 18.4 Å². The van der Waals surface area contributed by atoms with Crippen LogP contribution in [0.25, 0.3) is 0 Å². The second kappa shape index (κ2) is 6.60. The number of amides is 1. The third kappa shape index (κ3) is 4.58. The first kappa shape index (κ1) is 13.9. The minimum Gasteiger partial charge on any atom is -0.484 e. The fraction of sp³-hybridized carbons (Fsp3) is 0.562. The van der Waals surface area contributed by atoms with Crippen molar-refractivity contribution in [2.24, 2.45) is 5.92 Å². The Kier molecular flexibility index (Phi) is 4.83. The Morgan fingerprint density at radius 1 is 1.21 bits per heavy atom. The topological polar surface area (TPSA) is 38.3 Å². The largest absolute Gasteiger partial charge is 0.484 e. The molecule has 1 saturated carbocycles. The molecule has 104 valence electrons. The summed E-state index contributed by atoms with van der Waals surface area (Å²) in [5.74, 6) is 1.54. The van der Waals surface area contributed by atoms with Gasteiger partial charge in [-0.15, -0.1) is 0 Å². The Morgan fingerprint density at radius 2 is 1.84 bits per heavy atom. The number of ether oxygens (including phenoxy) is 1. The molecule has 1 aromatic rings. The van der Waals surface area contributed by atoms with Crippen LogP contribution < -0.4 is 10.1 Å². The summed E-state index contributed by atoms with van der Waals surface area (Å²) in [5.41, 5.74) is 1.19. The minimum absolute atomic E-state index is 0.0138. The molecule has 1 amide bonds. The highest BCUT2D eigenvalue weighted by Gasteiger charge is 2.19. The predicted molar refractivity (Wildman–Crippen MR) is 76.2 cm³/mol. The zero-order chi connectivity index (χ0) is 13.7. The van der Waals surface area contributed by atoms with Gasteiger partial charge in [0.25, 0.3) is 5.91 Å². The van der Waals surface area contributed by atoms with Gasteiger partial charge in [0.15, 0.2) is 6.61 Å². The summed E-state index contributed by atoms with van der Waals surface area (Å²) in [6, 6.07) is 8.09. The number of carbonyl (C=O) groups excluding carboxylic acids is 1. The second-order valence-corrected chi connectivity index (χ2v) is 5.63. The van der Waals surface area contributed by atoms with E-state index >= 15 is 0 Å². The van der Waals surface area contributed by atoms with Crippen molar-refractivity contribution in [3.63, 3.8) is 0 Å². The molecular weight excluding hydrogens is 238 g/mol. The molecule has 2 rings (SSSR count). The van der Waals surface area contributed by atoms with E-state index in [1.807, 2.05) is 31.2 Å². The number of carbonyl (C=O) groups is 1. The molecule has 1 N–H and O–H groups in total. The molecule has 0 saturated heterocycles. The van der Waals surface area contributed by atoms with Crippen molar-refractivity contribution in [1.29, 1.82) is 0 Å². The monoisotopic (exact) mass is 261 g/mol. The maximum atomic E-state index is 11.8. The van der Waals surface area contributed by atoms with Crippen LogP contribution >= 0.6 is 0 Å². The van der Waals surface area contributed by atoms with Crippen molar-refractivity contribution in [3.8, 4) is 5.75 Å². The van der Waals surface area contributed by atoms with Gasteiger partial charge in [-0.2, -0.15) is 0 Å². The minimum atomic E-state index is -0.0138. The van der Waals surface area contributed by atoms with E-state index in [9.17, 15) is 4.79 Å². The van der Waals surface area contributed by atoms with E-state index in [0.717, 1.165) is 24.5 Å². The Hall–Kier alpha value is -1.51. The van der Waals surface area contributed by atoms with Gasteiger partial charge in [-0.1, -0.05) is 24.6 Å². The number of benzene rings is 1. The molecule has 1 aliphatic carbocycles. The Balaban J connectivity index is 1.71. The van der Waals surface area contributed by atoms with Crippen LogP contribution in [0.15, 0.2) is 24.3 Å². The fourth-order valence-electron chi connectivity index (χ4n) is 2.46. The van der Waals surface area contributed by atoms with E-state index in [1.54, 1.807) is 0 Å². The normalized spacial score (nSPS) is 22.8. The molecule has 0 heterocycles. The molecule has 0 radical (unpaired) electrons. The van der Waals surface area contributed by atoms with E-state index in [0.29, 0.717) is 6.04 Å². The number of hydrogen-bond donors (Lipinski definition) is 1. The molecule has 3 nitrogen and oxygen atoms in total. The number of hydrogen-bond acceptors (Lipinski definition) is 2. The molecule has 19 heavy (non-hydrogen) atoms. The lowest BCUT2D eigenvalue weighted by molar-refractivity contribution is -0.124. The first-order valence-electron chi connectivity index (χ1n) is 7.12. The molecule has 0 unspecified atom stereocenters. The van der Waals surface area contributed by atoms with Crippen LogP contribution in [-0.4, -0.2) is 18.6 Å². The molecule has 1 aromatic carbocycles. The third-order valence-electron chi connectivity index (χ3n) is 3.77. The van der Waals surface area contributed by atoms with E-state index in [4.69, 9.17) is 4.74 Å². The van der Waals surface area contributed by atoms with Crippen LogP contribution in [0.1, 0.15) is 38.2 Å². The average Bonchev–Trinajstić information content (AvgIpc) is 2.41. The van der Waals surface area contributed by atoms with Crippen molar-refractivity contribution >= 4 is 5.91 Å². The van der Waals surface area contributed by atoms with Crippen LogP contribution in [0.3, 0.4) is 0 Å². The molecule has 1 fully saturated rings. The summed E-state index contributed by atoms with van der Waals surface area (Å²) in [5, 5.41) is 3.06. The molecule has 0 spiro atoms. The van der Waals surface area contributed by atoms with Crippen molar-refractivity contribution < 1.29 is 9.53 Å². The molecule has 0 atom stereocenters. The van der Waals surface area contributed by atoms with Crippen molar-refractivity contribution in [2.75, 3.05) is 6.61 Å². The number of rotatable bonds is 4. The van der Waals surface area contributed by atoms with E-state index < -0.39 is 0 Å². The van der Waals surface area contributed by atoms with Crippen molar-refractivity contribution in [1.82, 2.24) is 5.32 Å². The van der Waals surface area contributed by atoms with Crippen LogP contribution in [0.2, 0.25) is 0 Å². The zero-order valence-corrected chi connectivity index (χ0v) is 11.8. The molecule has 0 aromatic heterocycles. The highest BCUT2D eigenvalue weighted by molar-refractivity contribution is 5.77. The van der Waals surface area contributed by atoms with Crippen LogP contribution in [0.4, 0.5) is 0 Å². The van der Waals surface area contributed by atoms with E-state index in [-0.39, 0.29) is 12.5 Å². The molecule has 1 aliphatic rings. The number of nitrogens with one attached hydrogen (secondary N) is 1. The van der Waals surface area contributed by atoms with Crippen LogP contribution in [0, 0.1) is 12.8 Å². The summed E-state index contributed by atoms with van der Waals surface area (Å²) in [6.45, 7) is 4.41. The third-order valence-corrected chi connectivity index (χ3v) is 3.77. The summed E-state index contributed by atoms with van der Waals surface area (Å²) in [7, 11) is 0. The second-order valence-electron chi connectivity index (χ2n) is 5.63. The smallest absolute Gasteiger partial charge is 0.258 e. The van der Waals surface area contributed by atoms with Gasteiger partial charge in [0.1, 0.15) is 5.75 Å². The first-order chi connectivity index (χ1) is 9.13. The maximum Gasteiger partial charge on any atom is 0.258 e. The van der Waals surface area contributed by atoms with Gasteiger partial charge in [0, 0.05) is 6.04 Å². The zero-order valence-electron chi connectivity index (χ0n) is 11.8. The number of aryl methyl sites for hydroxylation is 1. The quantitative estimate of drug-likeness (QED) is 0.904. The SMILES string of the molecule is Cc1ccc(OCC(=O)NC2CCC(C)CC2)cc1. The molecular formula is C16H23NO2. The highest BCUT2D eigenvalue weighted by atomic mass is 16.5. The van der Waals surface area contributed by atoms with Crippen LogP contribution in [-0.2, 0) is 4.79 Å². The van der Waals surface area contributed by atoms with E-state index in [2.05, 4.69) is 12.2 Å². The highest BCUT2D eigenvalue weighted by Crippen LogP contribution is 2.23. The lowest BCUT2D eigenvalue weighted by Gasteiger charge is -2.26. The predicted octanol–water partition coefficient (Wildman–Crippen LogP) is 3.07. The summed E-state index contributed by atoms with van der Waals surface area (Å²) in [4.78, 5) is 11.8. The first-order valence-corrected chi connectivity index (χ1v) is 7.12. The van der Waals surface area contributed by atoms with Crippen molar-refractivity contribution in [3.05, 3.63) is 29.8 Å². The van der Waals surface area contributed by atoms with Gasteiger partial charge in [0.2, 0.25) is 0 Å². The molecule has 0 bridgehead atoms. The van der Waals surface area contributed by atoms with Crippen molar-refractivity contribution in [2.45, 2.75) is 45.6 Å². The summed E-state index contributed by atoms with van der Waals surface area (Å²) < 4.78 is 5.47. The lowest BCUT2D eigenvalue weighted by atomic mass is 9.87. The maximum absolute atomic E-state index is 11.8. The fourth-order valence-corrected chi connectivity index (χ4v) is 2.46. The van der Waals surface area contributed by atoms with Gasteiger partial charge in [-0.05, 0) is 50.7 Å². The Labute approximate surface area is 115 Å². The van der Waals surface area contributed by atoms with Crippen LogP contribution in [0.5, 0.6) is 5.75 Å².